The number of hydrogen-bond donors (Lipinski definition) is 1. The molecule has 0 atom stereocenters. The van der Waals surface area contributed by atoms with Crippen LogP contribution in [0.15, 0.2) is 0 Å². The fourth-order valence-electron chi connectivity index (χ4n) is 0.257. The summed E-state index contributed by atoms with van der Waals surface area (Å²) in [6.07, 6.45) is 0.901. The molecule has 0 bridgehead atoms. The van der Waals surface area contributed by atoms with Crippen LogP contribution in [0.4, 0.5) is 0 Å². The molecule has 0 heterocycles. The number of sulfone groups is 1. The van der Waals surface area contributed by atoms with Crippen LogP contribution in [0.2, 0.25) is 0 Å². The summed E-state index contributed by atoms with van der Waals surface area (Å²) >= 11 is 0. The normalized spacial score (nSPS) is 13.4. The summed E-state index contributed by atoms with van der Waals surface area (Å²) < 4.78 is 48.6. The van der Waals surface area contributed by atoms with Gasteiger partial charge in [0.15, 0.2) is 0 Å². The summed E-state index contributed by atoms with van der Waals surface area (Å²) in [5, 5.41) is 0. The third-order valence-corrected chi connectivity index (χ3v) is 2.64. The van der Waals surface area contributed by atoms with Gasteiger partial charge < -0.3 is 0 Å². The molecule has 0 aliphatic rings. The first-order valence-corrected chi connectivity index (χ1v) is 6.00. The van der Waals surface area contributed by atoms with Gasteiger partial charge in [-0.2, -0.15) is 8.42 Å². The van der Waals surface area contributed by atoms with E-state index in [1.165, 1.54) is 0 Å². The highest BCUT2D eigenvalue weighted by atomic mass is 32.2. The first-order valence-electron chi connectivity index (χ1n) is 2.33. The maximum Gasteiger partial charge on any atom is 0.265 e. The summed E-state index contributed by atoms with van der Waals surface area (Å²) in [5.41, 5.74) is 0. The lowest BCUT2D eigenvalue weighted by Gasteiger charge is -1.93. The van der Waals surface area contributed by atoms with Crippen molar-refractivity contribution in [2.45, 2.75) is 0 Å². The van der Waals surface area contributed by atoms with E-state index in [0.717, 1.165) is 6.26 Å². The van der Waals surface area contributed by atoms with Gasteiger partial charge in [0.2, 0.25) is 0 Å². The molecular weight excluding hydrogens is 180 g/mol. The predicted octanol–water partition coefficient (Wildman–Crippen LogP) is -1.08. The van der Waals surface area contributed by atoms with Crippen molar-refractivity contribution in [1.82, 2.24) is 0 Å². The van der Waals surface area contributed by atoms with Crippen LogP contribution in [0, 0.1) is 0 Å². The Kier molecular flexibility index (Phi) is 2.81. The van der Waals surface area contributed by atoms with Gasteiger partial charge in [0.25, 0.3) is 10.1 Å². The van der Waals surface area contributed by atoms with Crippen molar-refractivity contribution in [3.05, 3.63) is 0 Å². The van der Waals surface area contributed by atoms with Gasteiger partial charge in [0, 0.05) is 6.26 Å². The maximum absolute atomic E-state index is 10.3. The van der Waals surface area contributed by atoms with E-state index in [9.17, 15) is 16.8 Å². The van der Waals surface area contributed by atoms with E-state index in [1.54, 1.807) is 0 Å². The van der Waals surface area contributed by atoms with Crippen molar-refractivity contribution < 1.29 is 21.4 Å². The highest BCUT2D eigenvalue weighted by Gasteiger charge is 2.09. The van der Waals surface area contributed by atoms with Crippen LogP contribution in [0.1, 0.15) is 0 Å². The third-order valence-electron chi connectivity index (χ3n) is 0.712. The van der Waals surface area contributed by atoms with Crippen LogP contribution in [0.5, 0.6) is 0 Å². The highest BCUT2D eigenvalue weighted by molar-refractivity contribution is 7.92. The van der Waals surface area contributed by atoms with E-state index in [-0.39, 0.29) is 0 Å². The van der Waals surface area contributed by atoms with Crippen LogP contribution in [0.25, 0.3) is 0 Å². The minimum absolute atomic E-state index is 0.536. The SMILES string of the molecule is CS(=O)(=O)CCS(=O)(=O)O. The molecule has 5 nitrogen and oxygen atoms in total. The predicted molar refractivity (Wildman–Crippen MR) is 36.1 cm³/mol. The van der Waals surface area contributed by atoms with Gasteiger partial charge in [-0.05, 0) is 0 Å². The second-order valence-corrected chi connectivity index (χ2v) is 5.75. The van der Waals surface area contributed by atoms with E-state index in [1.807, 2.05) is 0 Å². The molecule has 0 saturated carbocycles. The zero-order chi connectivity index (χ0) is 8.41. The number of rotatable bonds is 3. The van der Waals surface area contributed by atoms with Gasteiger partial charge in [0.1, 0.15) is 9.84 Å². The fourth-order valence-corrected chi connectivity index (χ4v) is 2.31. The van der Waals surface area contributed by atoms with Crippen LogP contribution >= 0.6 is 0 Å². The zero-order valence-corrected chi connectivity index (χ0v) is 6.94. The Hall–Kier alpha value is -0.140. The molecule has 0 rings (SSSR count). The van der Waals surface area contributed by atoms with E-state index in [4.69, 9.17) is 4.55 Å². The summed E-state index contributed by atoms with van der Waals surface area (Å²) in [6, 6.07) is 0. The van der Waals surface area contributed by atoms with Crippen LogP contribution < -0.4 is 0 Å². The summed E-state index contributed by atoms with van der Waals surface area (Å²) in [6.45, 7) is 0. The Bertz CT molecular complexity index is 251. The van der Waals surface area contributed by atoms with E-state index >= 15 is 0 Å². The lowest BCUT2D eigenvalue weighted by molar-refractivity contribution is 0.484. The molecule has 10 heavy (non-hydrogen) atoms. The molecule has 0 aromatic carbocycles. The van der Waals surface area contributed by atoms with Crippen molar-refractivity contribution >= 4 is 20.0 Å². The molecular formula is C3H8O5S2. The lowest BCUT2D eigenvalue weighted by atomic mass is 11.0. The Morgan fingerprint density at radius 1 is 1.10 bits per heavy atom. The second kappa shape index (κ2) is 2.85. The van der Waals surface area contributed by atoms with E-state index in [0.29, 0.717) is 0 Å². The van der Waals surface area contributed by atoms with Gasteiger partial charge in [0.05, 0.1) is 11.5 Å². The molecule has 0 saturated heterocycles. The van der Waals surface area contributed by atoms with Crippen molar-refractivity contribution in [2.75, 3.05) is 17.8 Å². The van der Waals surface area contributed by atoms with Gasteiger partial charge in [-0.3, -0.25) is 4.55 Å². The standard InChI is InChI=1S/C3H8O5S2/c1-9(4,5)2-3-10(6,7)8/h2-3H2,1H3,(H,6,7,8). The van der Waals surface area contributed by atoms with Gasteiger partial charge >= 0.3 is 0 Å². The fraction of sp³-hybridized carbons (Fsp3) is 1.00. The average Bonchev–Trinajstić information content (AvgIpc) is 1.57. The Morgan fingerprint density at radius 3 is 1.60 bits per heavy atom. The molecule has 0 radical (unpaired) electrons. The average molecular weight is 188 g/mol. The highest BCUT2D eigenvalue weighted by Crippen LogP contribution is 1.87. The largest absolute Gasteiger partial charge is 0.286 e. The van der Waals surface area contributed by atoms with Gasteiger partial charge in [-0.25, -0.2) is 8.42 Å². The van der Waals surface area contributed by atoms with E-state index < -0.39 is 31.5 Å². The molecule has 0 aliphatic carbocycles. The van der Waals surface area contributed by atoms with Crippen LogP contribution in [-0.2, 0) is 20.0 Å². The molecule has 0 unspecified atom stereocenters. The van der Waals surface area contributed by atoms with Gasteiger partial charge in [-0.1, -0.05) is 0 Å². The summed E-state index contributed by atoms with van der Waals surface area (Å²) in [5.74, 6) is -1.27. The monoisotopic (exact) mass is 188 g/mol. The topological polar surface area (TPSA) is 88.5 Å². The summed E-state index contributed by atoms with van der Waals surface area (Å²) in [7, 11) is -7.43. The Balaban J connectivity index is 4.05. The molecule has 1 N–H and O–H groups in total. The zero-order valence-electron chi connectivity index (χ0n) is 5.31. The first kappa shape index (κ1) is 9.86. The first-order chi connectivity index (χ1) is 4.21. The molecule has 0 aliphatic heterocycles. The number of hydrogen-bond acceptors (Lipinski definition) is 4. The molecule has 0 fully saturated rings. The van der Waals surface area contributed by atoms with E-state index in [2.05, 4.69) is 0 Å². The van der Waals surface area contributed by atoms with Crippen molar-refractivity contribution in [1.29, 1.82) is 0 Å². The minimum Gasteiger partial charge on any atom is -0.286 e. The molecule has 0 aromatic rings. The third kappa shape index (κ3) is 7.86. The molecule has 7 heteroatoms. The van der Waals surface area contributed by atoms with Crippen LogP contribution in [0.3, 0.4) is 0 Å². The quantitative estimate of drug-likeness (QED) is 0.569. The van der Waals surface area contributed by atoms with Crippen molar-refractivity contribution in [3.8, 4) is 0 Å². The molecule has 0 aromatic heterocycles. The van der Waals surface area contributed by atoms with Crippen LogP contribution in [-0.4, -0.2) is 39.1 Å². The molecule has 0 spiro atoms. The lowest BCUT2D eigenvalue weighted by Crippen LogP contribution is -2.14. The van der Waals surface area contributed by atoms with Gasteiger partial charge in [-0.15, -0.1) is 0 Å². The summed E-state index contributed by atoms with van der Waals surface area (Å²) in [4.78, 5) is 0. The minimum atomic E-state index is -4.14. The Morgan fingerprint density at radius 2 is 1.50 bits per heavy atom. The Labute approximate surface area is 59.7 Å². The smallest absolute Gasteiger partial charge is 0.265 e. The van der Waals surface area contributed by atoms with Crippen molar-refractivity contribution in [3.63, 3.8) is 0 Å². The molecule has 62 valence electrons. The molecule has 0 amide bonds. The maximum atomic E-state index is 10.3. The second-order valence-electron chi connectivity index (χ2n) is 1.92. The van der Waals surface area contributed by atoms with Crippen molar-refractivity contribution in [2.24, 2.45) is 0 Å².